The molecular formula is C21H22N2O4S. The number of amides is 1. The van der Waals surface area contributed by atoms with Gasteiger partial charge in [0, 0.05) is 11.3 Å². The Kier molecular flexibility index (Phi) is 5.65. The third-order valence-corrected chi connectivity index (χ3v) is 5.73. The van der Waals surface area contributed by atoms with Crippen molar-refractivity contribution in [1.29, 1.82) is 0 Å². The molecule has 146 valence electrons. The molecule has 1 amide bonds. The second-order valence-corrected chi connectivity index (χ2v) is 8.85. The summed E-state index contributed by atoms with van der Waals surface area (Å²) < 4.78 is 30.6. The molecular weight excluding hydrogens is 376 g/mol. The van der Waals surface area contributed by atoms with Gasteiger partial charge in [-0.05, 0) is 44.5 Å². The molecule has 0 atom stereocenters. The number of hydrogen-bond acceptors (Lipinski definition) is 5. The van der Waals surface area contributed by atoms with Gasteiger partial charge in [0.05, 0.1) is 11.4 Å². The van der Waals surface area contributed by atoms with Crippen LogP contribution in [0, 0.1) is 20.8 Å². The van der Waals surface area contributed by atoms with Crippen molar-refractivity contribution in [2.24, 2.45) is 0 Å². The first-order valence-corrected chi connectivity index (χ1v) is 10.6. The minimum atomic E-state index is -3.70. The largest absolute Gasteiger partial charge is 0.441 e. The first-order chi connectivity index (χ1) is 13.2. The van der Waals surface area contributed by atoms with Gasteiger partial charge in [0.25, 0.3) is 0 Å². The van der Waals surface area contributed by atoms with Crippen LogP contribution in [0.3, 0.4) is 0 Å². The SMILES string of the molecule is Cc1ccc(-c2nc(CS(=O)(=O)CC(=O)Nc3ccccc3C)c(C)o2)cc1. The first-order valence-electron chi connectivity index (χ1n) is 8.83. The molecule has 1 heterocycles. The number of hydrogen-bond donors (Lipinski definition) is 1. The predicted octanol–water partition coefficient (Wildman–Crippen LogP) is 3.82. The number of carbonyl (C=O) groups is 1. The van der Waals surface area contributed by atoms with Crippen LogP contribution in [0.25, 0.3) is 11.5 Å². The smallest absolute Gasteiger partial charge is 0.239 e. The highest BCUT2D eigenvalue weighted by Gasteiger charge is 2.22. The molecule has 0 aliphatic heterocycles. The summed E-state index contributed by atoms with van der Waals surface area (Å²) in [5, 5.41) is 2.64. The monoisotopic (exact) mass is 398 g/mol. The number of aromatic nitrogens is 1. The minimum Gasteiger partial charge on any atom is -0.441 e. The highest BCUT2D eigenvalue weighted by atomic mass is 32.2. The van der Waals surface area contributed by atoms with E-state index in [0.29, 0.717) is 23.0 Å². The Bertz CT molecular complexity index is 1100. The van der Waals surface area contributed by atoms with Gasteiger partial charge in [-0.15, -0.1) is 0 Å². The first kappa shape index (κ1) is 19.8. The van der Waals surface area contributed by atoms with Crippen LogP contribution in [0.2, 0.25) is 0 Å². The standard InChI is InChI=1S/C21H22N2O4S/c1-14-8-10-17(11-9-14)21-23-19(16(3)27-21)12-28(25,26)13-20(24)22-18-7-5-4-6-15(18)2/h4-11H,12-13H2,1-3H3,(H,22,24). The summed E-state index contributed by atoms with van der Waals surface area (Å²) in [6.45, 7) is 5.49. The lowest BCUT2D eigenvalue weighted by molar-refractivity contribution is -0.113. The molecule has 1 aromatic heterocycles. The average Bonchev–Trinajstić information content (AvgIpc) is 2.97. The van der Waals surface area contributed by atoms with Gasteiger partial charge in [-0.2, -0.15) is 0 Å². The van der Waals surface area contributed by atoms with E-state index in [9.17, 15) is 13.2 Å². The third kappa shape index (κ3) is 4.86. The van der Waals surface area contributed by atoms with Gasteiger partial charge in [0.1, 0.15) is 11.5 Å². The number of carbonyl (C=O) groups excluding carboxylic acids is 1. The number of rotatable bonds is 6. The van der Waals surface area contributed by atoms with Gasteiger partial charge in [0.15, 0.2) is 9.84 Å². The van der Waals surface area contributed by atoms with Gasteiger partial charge < -0.3 is 9.73 Å². The summed E-state index contributed by atoms with van der Waals surface area (Å²) in [7, 11) is -3.70. The van der Waals surface area contributed by atoms with E-state index in [1.165, 1.54) is 0 Å². The number of para-hydroxylation sites is 1. The lowest BCUT2D eigenvalue weighted by Crippen LogP contribution is -2.24. The Morgan fingerprint density at radius 2 is 1.71 bits per heavy atom. The molecule has 0 spiro atoms. The van der Waals surface area contributed by atoms with Crippen LogP contribution >= 0.6 is 0 Å². The summed E-state index contributed by atoms with van der Waals surface area (Å²) in [6, 6.07) is 14.8. The molecule has 0 aliphatic carbocycles. The van der Waals surface area contributed by atoms with Crippen molar-refractivity contribution in [3.63, 3.8) is 0 Å². The summed E-state index contributed by atoms with van der Waals surface area (Å²) in [5.74, 6) is -0.747. The van der Waals surface area contributed by atoms with Crippen molar-refractivity contribution in [2.75, 3.05) is 11.1 Å². The molecule has 0 saturated heterocycles. The number of nitrogens with one attached hydrogen (secondary N) is 1. The lowest BCUT2D eigenvalue weighted by Gasteiger charge is -2.08. The Labute approximate surface area is 164 Å². The molecule has 6 nitrogen and oxygen atoms in total. The van der Waals surface area contributed by atoms with Crippen LogP contribution < -0.4 is 5.32 Å². The van der Waals surface area contributed by atoms with Crippen molar-refractivity contribution in [3.05, 3.63) is 71.1 Å². The van der Waals surface area contributed by atoms with Crippen molar-refractivity contribution < 1.29 is 17.6 Å². The Morgan fingerprint density at radius 3 is 2.39 bits per heavy atom. The second-order valence-electron chi connectivity index (χ2n) is 6.78. The van der Waals surface area contributed by atoms with E-state index in [0.717, 1.165) is 16.7 Å². The molecule has 0 fully saturated rings. The normalized spacial score (nSPS) is 11.4. The van der Waals surface area contributed by atoms with Crippen molar-refractivity contribution in [1.82, 2.24) is 4.98 Å². The maximum Gasteiger partial charge on any atom is 0.239 e. The number of nitrogens with zero attached hydrogens (tertiary/aromatic N) is 1. The maximum atomic E-state index is 12.5. The van der Waals surface area contributed by atoms with E-state index in [-0.39, 0.29) is 5.75 Å². The Hall–Kier alpha value is -2.93. The predicted molar refractivity (Wildman–Crippen MR) is 109 cm³/mol. The molecule has 2 aromatic carbocycles. The van der Waals surface area contributed by atoms with E-state index in [4.69, 9.17) is 4.42 Å². The fourth-order valence-electron chi connectivity index (χ4n) is 2.74. The van der Waals surface area contributed by atoms with Gasteiger partial charge in [-0.1, -0.05) is 35.9 Å². The number of benzene rings is 2. The lowest BCUT2D eigenvalue weighted by atomic mass is 10.1. The van der Waals surface area contributed by atoms with Gasteiger partial charge in [0.2, 0.25) is 11.8 Å². The molecule has 1 N–H and O–H groups in total. The van der Waals surface area contributed by atoms with Crippen molar-refractivity contribution in [2.45, 2.75) is 26.5 Å². The highest BCUT2D eigenvalue weighted by molar-refractivity contribution is 7.91. The molecule has 0 radical (unpaired) electrons. The zero-order valence-corrected chi connectivity index (χ0v) is 16.8. The molecule has 28 heavy (non-hydrogen) atoms. The fourth-order valence-corrected chi connectivity index (χ4v) is 4.00. The minimum absolute atomic E-state index is 0.319. The highest BCUT2D eigenvalue weighted by Crippen LogP contribution is 2.23. The van der Waals surface area contributed by atoms with Crippen LogP contribution in [-0.4, -0.2) is 25.1 Å². The van der Waals surface area contributed by atoms with E-state index in [2.05, 4.69) is 10.3 Å². The van der Waals surface area contributed by atoms with Crippen molar-refractivity contribution in [3.8, 4) is 11.5 Å². The van der Waals surface area contributed by atoms with Crippen LogP contribution in [0.15, 0.2) is 52.9 Å². The fraction of sp³-hybridized carbons (Fsp3) is 0.238. The quantitative estimate of drug-likeness (QED) is 0.682. The molecule has 0 saturated carbocycles. The molecule has 7 heteroatoms. The molecule has 0 unspecified atom stereocenters. The molecule has 3 rings (SSSR count). The van der Waals surface area contributed by atoms with Crippen LogP contribution in [-0.2, 0) is 20.4 Å². The van der Waals surface area contributed by atoms with E-state index in [1.54, 1.807) is 19.1 Å². The Morgan fingerprint density at radius 1 is 1.04 bits per heavy atom. The third-order valence-electron chi connectivity index (χ3n) is 4.32. The number of sulfone groups is 1. The van der Waals surface area contributed by atoms with Crippen LogP contribution in [0.4, 0.5) is 5.69 Å². The number of oxazole rings is 1. The zero-order chi connectivity index (χ0) is 20.3. The summed E-state index contributed by atoms with van der Waals surface area (Å²) in [6.07, 6.45) is 0. The molecule has 3 aromatic rings. The van der Waals surface area contributed by atoms with Gasteiger partial charge in [-0.25, -0.2) is 13.4 Å². The number of anilines is 1. The maximum absolute atomic E-state index is 12.5. The summed E-state index contributed by atoms with van der Waals surface area (Å²) in [5.41, 5.74) is 3.66. The van der Waals surface area contributed by atoms with Gasteiger partial charge in [-0.3, -0.25) is 4.79 Å². The Balaban J connectivity index is 1.71. The molecule has 0 aliphatic rings. The topological polar surface area (TPSA) is 89.3 Å². The zero-order valence-electron chi connectivity index (χ0n) is 16.0. The molecule has 0 bridgehead atoms. The van der Waals surface area contributed by atoms with Gasteiger partial charge >= 0.3 is 0 Å². The van der Waals surface area contributed by atoms with Crippen LogP contribution in [0.1, 0.15) is 22.6 Å². The van der Waals surface area contributed by atoms with E-state index in [1.807, 2.05) is 50.2 Å². The summed E-state index contributed by atoms with van der Waals surface area (Å²) >= 11 is 0. The van der Waals surface area contributed by atoms with Crippen LogP contribution in [0.5, 0.6) is 0 Å². The van der Waals surface area contributed by atoms with E-state index >= 15 is 0 Å². The number of aryl methyl sites for hydroxylation is 3. The second kappa shape index (κ2) is 7.98. The van der Waals surface area contributed by atoms with E-state index < -0.39 is 21.5 Å². The summed E-state index contributed by atoms with van der Waals surface area (Å²) in [4.78, 5) is 16.5. The average molecular weight is 398 g/mol. The van der Waals surface area contributed by atoms with Crippen molar-refractivity contribution >= 4 is 21.4 Å².